The summed E-state index contributed by atoms with van der Waals surface area (Å²) in [5, 5.41) is 3.40. The standard InChI is InChI=1S/C15H20IN/c1-3-14-10-12-6-4-5-7-13(12)11-17-9-8-15(14,2)16/h4-9,14,17H,3,10-11H2,1-2H3/b9-8-. The van der Waals surface area contributed by atoms with Gasteiger partial charge in [-0.3, -0.25) is 0 Å². The molecule has 2 atom stereocenters. The van der Waals surface area contributed by atoms with Gasteiger partial charge in [0.05, 0.1) is 0 Å². The SMILES string of the molecule is CCC1Cc2ccccc2CN/C=C\C1(C)I. The van der Waals surface area contributed by atoms with Crippen molar-refractivity contribution < 1.29 is 0 Å². The molecule has 0 radical (unpaired) electrons. The number of hydrogen-bond donors (Lipinski definition) is 1. The van der Waals surface area contributed by atoms with E-state index in [4.69, 9.17) is 0 Å². The maximum Gasteiger partial charge on any atom is 0.0420 e. The van der Waals surface area contributed by atoms with Gasteiger partial charge in [-0.25, -0.2) is 0 Å². The van der Waals surface area contributed by atoms with Crippen LogP contribution in [0.4, 0.5) is 0 Å². The first-order valence-electron chi connectivity index (χ1n) is 6.30. The van der Waals surface area contributed by atoms with Crippen molar-refractivity contribution >= 4 is 22.6 Å². The fraction of sp³-hybridized carbons (Fsp3) is 0.467. The topological polar surface area (TPSA) is 12.0 Å². The lowest BCUT2D eigenvalue weighted by Crippen LogP contribution is -2.27. The van der Waals surface area contributed by atoms with Gasteiger partial charge >= 0.3 is 0 Å². The molecular weight excluding hydrogens is 321 g/mol. The summed E-state index contributed by atoms with van der Waals surface area (Å²) in [5.41, 5.74) is 2.93. The molecule has 0 saturated carbocycles. The van der Waals surface area contributed by atoms with Crippen molar-refractivity contribution in [3.05, 3.63) is 47.7 Å². The third-order valence-corrected chi connectivity index (χ3v) is 4.94. The van der Waals surface area contributed by atoms with Crippen LogP contribution in [0, 0.1) is 5.92 Å². The van der Waals surface area contributed by atoms with E-state index in [1.165, 1.54) is 24.0 Å². The summed E-state index contributed by atoms with van der Waals surface area (Å²) in [4.78, 5) is 0. The minimum Gasteiger partial charge on any atom is -0.387 e. The Morgan fingerprint density at radius 3 is 2.76 bits per heavy atom. The number of alkyl halides is 1. The van der Waals surface area contributed by atoms with Gasteiger partial charge in [-0.2, -0.15) is 0 Å². The highest BCUT2D eigenvalue weighted by Crippen LogP contribution is 2.35. The van der Waals surface area contributed by atoms with E-state index in [9.17, 15) is 0 Å². The van der Waals surface area contributed by atoms with Crippen LogP contribution in [-0.4, -0.2) is 3.42 Å². The lowest BCUT2D eigenvalue weighted by molar-refractivity contribution is 0.454. The molecule has 2 rings (SSSR count). The van der Waals surface area contributed by atoms with Crippen LogP contribution in [0.3, 0.4) is 0 Å². The van der Waals surface area contributed by atoms with Crippen molar-refractivity contribution in [2.24, 2.45) is 5.92 Å². The van der Waals surface area contributed by atoms with Gasteiger partial charge in [-0.1, -0.05) is 66.3 Å². The predicted octanol–water partition coefficient (Wildman–Crippen LogP) is 4.07. The molecule has 17 heavy (non-hydrogen) atoms. The Morgan fingerprint density at radius 2 is 2.06 bits per heavy atom. The molecule has 0 spiro atoms. The number of nitrogens with one attached hydrogen (secondary N) is 1. The van der Waals surface area contributed by atoms with Crippen LogP contribution in [0.1, 0.15) is 31.4 Å². The molecule has 0 aromatic heterocycles. The molecule has 2 heteroatoms. The first kappa shape index (κ1) is 12.9. The van der Waals surface area contributed by atoms with Crippen molar-refractivity contribution in [2.45, 2.75) is 36.7 Å². The molecule has 1 nitrogen and oxygen atoms in total. The van der Waals surface area contributed by atoms with Crippen molar-refractivity contribution in [1.82, 2.24) is 5.32 Å². The van der Waals surface area contributed by atoms with Crippen LogP contribution >= 0.6 is 22.6 Å². The van der Waals surface area contributed by atoms with Gasteiger partial charge in [0.15, 0.2) is 0 Å². The fourth-order valence-electron chi connectivity index (χ4n) is 2.46. The van der Waals surface area contributed by atoms with Crippen molar-refractivity contribution in [3.8, 4) is 0 Å². The Labute approximate surface area is 118 Å². The van der Waals surface area contributed by atoms with Crippen LogP contribution in [0.5, 0.6) is 0 Å². The van der Waals surface area contributed by atoms with Gasteiger partial charge in [-0.05, 0) is 36.6 Å². The monoisotopic (exact) mass is 341 g/mol. The van der Waals surface area contributed by atoms with E-state index >= 15 is 0 Å². The second-order valence-electron chi connectivity index (χ2n) is 4.94. The maximum atomic E-state index is 3.40. The first-order chi connectivity index (χ1) is 8.13. The van der Waals surface area contributed by atoms with Gasteiger partial charge < -0.3 is 5.32 Å². The molecule has 1 aliphatic heterocycles. The van der Waals surface area contributed by atoms with E-state index in [0.29, 0.717) is 5.92 Å². The summed E-state index contributed by atoms with van der Waals surface area (Å²) in [5.74, 6) is 0.695. The highest BCUT2D eigenvalue weighted by molar-refractivity contribution is 14.1. The zero-order valence-corrected chi connectivity index (χ0v) is 12.7. The van der Waals surface area contributed by atoms with E-state index in [1.807, 2.05) is 0 Å². The maximum absolute atomic E-state index is 3.40. The lowest BCUT2D eigenvalue weighted by atomic mass is 9.85. The molecule has 1 heterocycles. The molecule has 0 fully saturated rings. The van der Waals surface area contributed by atoms with Gasteiger partial charge in [-0.15, -0.1) is 0 Å². The van der Waals surface area contributed by atoms with Gasteiger partial charge in [0.2, 0.25) is 0 Å². The molecule has 0 aliphatic carbocycles. The Bertz CT molecular complexity index is 409. The zero-order chi connectivity index (χ0) is 12.3. The number of rotatable bonds is 1. The van der Waals surface area contributed by atoms with Gasteiger partial charge in [0.25, 0.3) is 0 Å². The van der Waals surface area contributed by atoms with E-state index in [-0.39, 0.29) is 3.42 Å². The Hall–Kier alpha value is -0.510. The highest BCUT2D eigenvalue weighted by Gasteiger charge is 2.28. The van der Waals surface area contributed by atoms with Crippen molar-refractivity contribution in [2.75, 3.05) is 0 Å². The van der Waals surface area contributed by atoms with E-state index in [1.54, 1.807) is 0 Å². The lowest BCUT2D eigenvalue weighted by Gasteiger charge is -2.29. The molecule has 1 aromatic rings. The molecule has 0 bridgehead atoms. The average Bonchev–Trinajstić information content (AvgIpc) is 2.37. The van der Waals surface area contributed by atoms with E-state index < -0.39 is 0 Å². The predicted molar refractivity (Wildman–Crippen MR) is 82.3 cm³/mol. The number of fused-ring (bicyclic) bond motifs is 1. The van der Waals surface area contributed by atoms with Crippen molar-refractivity contribution in [3.63, 3.8) is 0 Å². The van der Waals surface area contributed by atoms with Crippen LogP contribution < -0.4 is 5.32 Å². The molecular formula is C15H20IN. The molecule has 1 aliphatic rings. The van der Waals surface area contributed by atoms with Crippen LogP contribution in [0.15, 0.2) is 36.5 Å². The number of hydrogen-bond acceptors (Lipinski definition) is 1. The van der Waals surface area contributed by atoms with Gasteiger partial charge in [0, 0.05) is 9.97 Å². The summed E-state index contributed by atoms with van der Waals surface area (Å²) in [7, 11) is 0. The number of halogens is 1. The van der Waals surface area contributed by atoms with Crippen LogP contribution in [0.25, 0.3) is 0 Å². The van der Waals surface area contributed by atoms with Gasteiger partial charge in [0.1, 0.15) is 0 Å². The minimum absolute atomic E-state index is 0.233. The molecule has 1 aromatic carbocycles. The Kier molecular flexibility index (Phi) is 4.13. The largest absolute Gasteiger partial charge is 0.387 e. The summed E-state index contributed by atoms with van der Waals surface area (Å²) in [6.45, 7) is 5.56. The smallest absolute Gasteiger partial charge is 0.0420 e. The molecule has 92 valence electrons. The molecule has 0 saturated heterocycles. The van der Waals surface area contributed by atoms with E-state index in [2.05, 4.69) is 78.3 Å². The fourth-order valence-corrected chi connectivity index (χ4v) is 3.30. The van der Waals surface area contributed by atoms with E-state index in [0.717, 1.165) is 6.54 Å². The third kappa shape index (κ3) is 3.03. The van der Waals surface area contributed by atoms with Crippen LogP contribution in [0.2, 0.25) is 0 Å². The normalized spacial score (nSPS) is 30.4. The molecule has 1 N–H and O–H groups in total. The Balaban J connectivity index is 2.35. The highest BCUT2D eigenvalue weighted by atomic mass is 127. The molecule has 0 amide bonds. The summed E-state index contributed by atoms with van der Waals surface area (Å²) in [6, 6.07) is 8.80. The number of benzene rings is 1. The number of allylic oxidation sites excluding steroid dienone is 1. The summed E-state index contributed by atoms with van der Waals surface area (Å²) in [6.07, 6.45) is 6.83. The summed E-state index contributed by atoms with van der Waals surface area (Å²) >= 11 is 2.58. The molecule has 2 unspecified atom stereocenters. The average molecular weight is 341 g/mol. The zero-order valence-electron chi connectivity index (χ0n) is 10.5. The second-order valence-corrected chi connectivity index (χ2v) is 7.27. The van der Waals surface area contributed by atoms with Crippen LogP contribution in [-0.2, 0) is 13.0 Å². The first-order valence-corrected chi connectivity index (χ1v) is 7.38. The van der Waals surface area contributed by atoms with Crippen molar-refractivity contribution in [1.29, 1.82) is 0 Å². The third-order valence-electron chi connectivity index (χ3n) is 3.70. The second kappa shape index (κ2) is 5.42. The minimum atomic E-state index is 0.233. The Morgan fingerprint density at radius 1 is 1.35 bits per heavy atom. The quantitative estimate of drug-likeness (QED) is 0.600. The summed E-state index contributed by atoms with van der Waals surface area (Å²) < 4.78 is 0.233.